The molecule has 2 heterocycles. The molecule has 0 saturated carbocycles. The Morgan fingerprint density at radius 3 is 2.56 bits per heavy atom. The molecule has 1 aromatic rings. The molecule has 7 nitrogen and oxygen atoms in total. The summed E-state index contributed by atoms with van der Waals surface area (Å²) in [5.74, 6) is -0.217. The minimum Gasteiger partial charge on any atom is -0.352 e. The van der Waals surface area contributed by atoms with Crippen molar-refractivity contribution in [3.63, 3.8) is 0 Å². The second kappa shape index (κ2) is 9.64. The highest BCUT2D eigenvalue weighted by Crippen LogP contribution is 2.21. The van der Waals surface area contributed by atoms with Crippen molar-refractivity contribution in [1.82, 2.24) is 19.8 Å². The molecular weight excluding hydrogens is 364 g/mol. The van der Waals surface area contributed by atoms with Crippen LogP contribution in [0, 0.1) is 0 Å². The highest BCUT2D eigenvalue weighted by molar-refractivity contribution is 7.89. The van der Waals surface area contributed by atoms with Gasteiger partial charge in [-0.3, -0.25) is 4.79 Å². The van der Waals surface area contributed by atoms with Crippen LogP contribution < -0.4 is 10.6 Å². The van der Waals surface area contributed by atoms with E-state index in [-0.39, 0.29) is 10.8 Å². The molecule has 2 aliphatic heterocycles. The lowest BCUT2D eigenvalue weighted by Crippen LogP contribution is -2.44. The zero-order chi connectivity index (χ0) is 19.1. The average Bonchev–Trinajstić information content (AvgIpc) is 2.72. The lowest BCUT2D eigenvalue weighted by atomic mass is 10.2. The average molecular weight is 395 g/mol. The fraction of sp³-hybridized carbons (Fsp3) is 0.632. The number of carbonyl (C=O) groups excluding carboxylic acids is 1. The van der Waals surface area contributed by atoms with Gasteiger partial charge in [0.25, 0.3) is 5.91 Å². The van der Waals surface area contributed by atoms with Crippen molar-refractivity contribution in [2.75, 3.05) is 52.4 Å². The molecule has 27 heavy (non-hydrogen) atoms. The summed E-state index contributed by atoms with van der Waals surface area (Å²) in [7, 11) is -3.52. The van der Waals surface area contributed by atoms with Crippen LogP contribution in [0.25, 0.3) is 0 Å². The van der Waals surface area contributed by atoms with Gasteiger partial charge in [0, 0.05) is 51.4 Å². The molecule has 0 aliphatic carbocycles. The Morgan fingerprint density at radius 1 is 1.07 bits per heavy atom. The van der Waals surface area contributed by atoms with Crippen molar-refractivity contribution in [3.05, 3.63) is 29.8 Å². The molecule has 150 valence electrons. The minimum absolute atomic E-state index is 0.206. The van der Waals surface area contributed by atoms with Gasteiger partial charge in [0.05, 0.1) is 4.90 Å². The number of piperazine rings is 1. The first-order valence-corrected chi connectivity index (χ1v) is 11.3. The van der Waals surface area contributed by atoms with Crippen molar-refractivity contribution in [1.29, 1.82) is 0 Å². The first-order chi connectivity index (χ1) is 13.1. The topological polar surface area (TPSA) is 81.8 Å². The number of piperidine rings is 1. The molecule has 0 radical (unpaired) electrons. The van der Waals surface area contributed by atoms with Gasteiger partial charge >= 0.3 is 0 Å². The quantitative estimate of drug-likeness (QED) is 0.671. The highest BCUT2D eigenvalue weighted by atomic mass is 32.2. The van der Waals surface area contributed by atoms with Crippen LogP contribution in [0.3, 0.4) is 0 Å². The lowest BCUT2D eigenvalue weighted by molar-refractivity contribution is 0.0951. The van der Waals surface area contributed by atoms with E-state index < -0.39 is 10.0 Å². The number of hydrogen-bond donors (Lipinski definition) is 2. The summed E-state index contributed by atoms with van der Waals surface area (Å²) in [6.45, 7) is 6.80. The molecule has 8 heteroatoms. The Balaban J connectivity index is 1.53. The Morgan fingerprint density at radius 2 is 1.81 bits per heavy atom. The van der Waals surface area contributed by atoms with Crippen molar-refractivity contribution < 1.29 is 13.2 Å². The number of sulfonamides is 1. The molecule has 3 rings (SSSR count). The molecule has 2 fully saturated rings. The lowest BCUT2D eigenvalue weighted by Gasteiger charge is -2.27. The third-order valence-corrected chi connectivity index (χ3v) is 7.09. The number of benzene rings is 1. The Bertz CT molecular complexity index is 726. The van der Waals surface area contributed by atoms with Gasteiger partial charge in [0.2, 0.25) is 10.0 Å². The van der Waals surface area contributed by atoms with Gasteiger partial charge in [0.15, 0.2) is 0 Å². The largest absolute Gasteiger partial charge is 0.352 e. The van der Waals surface area contributed by atoms with Crippen LogP contribution in [-0.4, -0.2) is 75.9 Å². The Kier molecular flexibility index (Phi) is 7.23. The standard InChI is InChI=1S/C19H30N4O3S/c24-19(21-8-5-11-22-14-9-20-10-15-22)17-6-4-7-18(16-17)27(25,26)23-12-2-1-3-13-23/h4,6-7,16,20H,1-3,5,8-15H2,(H,21,24). The molecule has 0 unspecified atom stereocenters. The van der Waals surface area contributed by atoms with Gasteiger partial charge in [-0.15, -0.1) is 0 Å². The van der Waals surface area contributed by atoms with Crippen LogP contribution in [0.1, 0.15) is 36.0 Å². The fourth-order valence-electron chi connectivity index (χ4n) is 3.59. The molecule has 1 aromatic carbocycles. The van der Waals surface area contributed by atoms with Crippen LogP contribution in [0.5, 0.6) is 0 Å². The van der Waals surface area contributed by atoms with Gasteiger partial charge in [0.1, 0.15) is 0 Å². The molecule has 0 bridgehead atoms. The molecule has 0 aromatic heterocycles. The maximum absolute atomic E-state index is 12.8. The summed E-state index contributed by atoms with van der Waals surface area (Å²) in [6.07, 6.45) is 3.75. The van der Waals surface area contributed by atoms with E-state index in [9.17, 15) is 13.2 Å². The summed E-state index contributed by atoms with van der Waals surface area (Å²) in [5.41, 5.74) is 0.398. The van der Waals surface area contributed by atoms with E-state index >= 15 is 0 Å². The third-order valence-electron chi connectivity index (χ3n) is 5.20. The second-order valence-electron chi connectivity index (χ2n) is 7.19. The van der Waals surface area contributed by atoms with E-state index in [1.807, 2.05) is 0 Å². The summed E-state index contributed by atoms with van der Waals surface area (Å²) in [4.78, 5) is 15.0. The molecule has 0 spiro atoms. The van der Waals surface area contributed by atoms with Crippen molar-refractivity contribution in [2.24, 2.45) is 0 Å². The smallest absolute Gasteiger partial charge is 0.251 e. The second-order valence-corrected chi connectivity index (χ2v) is 9.13. The first-order valence-electron chi connectivity index (χ1n) is 9.89. The van der Waals surface area contributed by atoms with E-state index in [0.717, 1.165) is 58.4 Å². The zero-order valence-electron chi connectivity index (χ0n) is 15.8. The number of rotatable bonds is 7. The number of hydrogen-bond acceptors (Lipinski definition) is 5. The maximum Gasteiger partial charge on any atom is 0.251 e. The minimum atomic E-state index is -3.52. The number of carbonyl (C=O) groups is 1. The van der Waals surface area contributed by atoms with Gasteiger partial charge in [-0.05, 0) is 44.0 Å². The number of nitrogens with zero attached hydrogens (tertiary/aromatic N) is 2. The van der Waals surface area contributed by atoms with E-state index in [0.29, 0.717) is 25.2 Å². The molecular formula is C19H30N4O3S. The number of amides is 1. The van der Waals surface area contributed by atoms with Gasteiger partial charge in [-0.25, -0.2) is 8.42 Å². The molecule has 0 atom stereocenters. The molecule has 2 N–H and O–H groups in total. The van der Waals surface area contributed by atoms with E-state index in [2.05, 4.69) is 15.5 Å². The first kappa shape index (κ1) is 20.3. The molecule has 2 saturated heterocycles. The van der Waals surface area contributed by atoms with Crippen LogP contribution >= 0.6 is 0 Å². The molecule has 1 amide bonds. The van der Waals surface area contributed by atoms with Crippen LogP contribution in [-0.2, 0) is 10.0 Å². The Labute approximate surface area is 162 Å². The van der Waals surface area contributed by atoms with Crippen LogP contribution in [0.15, 0.2) is 29.2 Å². The normalized spacial score (nSPS) is 19.7. The third kappa shape index (κ3) is 5.51. The Hall–Kier alpha value is -1.48. The highest BCUT2D eigenvalue weighted by Gasteiger charge is 2.26. The van der Waals surface area contributed by atoms with Gasteiger partial charge < -0.3 is 15.5 Å². The van der Waals surface area contributed by atoms with Crippen LogP contribution in [0.4, 0.5) is 0 Å². The fourth-order valence-corrected chi connectivity index (χ4v) is 5.16. The maximum atomic E-state index is 12.8. The summed E-state index contributed by atoms with van der Waals surface area (Å²) >= 11 is 0. The van der Waals surface area contributed by atoms with Crippen molar-refractivity contribution >= 4 is 15.9 Å². The SMILES string of the molecule is O=C(NCCCN1CCNCC1)c1cccc(S(=O)(=O)N2CCCCC2)c1. The summed E-state index contributed by atoms with van der Waals surface area (Å²) < 4.78 is 27.1. The van der Waals surface area contributed by atoms with Crippen LogP contribution in [0.2, 0.25) is 0 Å². The van der Waals surface area contributed by atoms with E-state index in [1.165, 1.54) is 10.4 Å². The summed E-state index contributed by atoms with van der Waals surface area (Å²) in [5, 5.41) is 6.23. The van der Waals surface area contributed by atoms with Gasteiger partial charge in [-0.2, -0.15) is 4.31 Å². The predicted molar refractivity (Wildman–Crippen MR) is 105 cm³/mol. The molecule has 2 aliphatic rings. The van der Waals surface area contributed by atoms with Crippen molar-refractivity contribution in [3.8, 4) is 0 Å². The van der Waals surface area contributed by atoms with E-state index in [1.54, 1.807) is 18.2 Å². The predicted octanol–water partition coefficient (Wildman–Crippen LogP) is 0.886. The number of nitrogens with one attached hydrogen (secondary N) is 2. The summed E-state index contributed by atoms with van der Waals surface area (Å²) in [6, 6.07) is 6.38. The van der Waals surface area contributed by atoms with Crippen molar-refractivity contribution in [2.45, 2.75) is 30.6 Å². The zero-order valence-corrected chi connectivity index (χ0v) is 16.6. The van der Waals surface area contributed by atoms with E-state index in [4.69, 9.17) is 0 Å². The monoisotopic (exact) mass is 394 g/mol. The van der Waals surface area contributed by atoms with Gasteiger partial charge in [-0.1, -0.05) is 12.5 Å².